The maximum Gasteiger partial charge on any atom is 0.121 e. The first-order chi connectivity index (χ1) is 10.3. The molecule has 0 bridgehead atoms. The number of benzene rings is 2. The van der Waals surface area contributed by atoms with Crippen LogP contribution in [0.15, 0.2) is 54.6 Å². The smallest absolute Gasteiger partial charge is 0.121 e. The molecule has 0 aromatic heterocycles. The molecule has 2 aromatic rings. The molecule has 2 aromatic carbocycles. The third-order valence-electron chi connectivity index (χ3n) is 3.90. The van der Waals surface area contributed by atoms with E-state index in [0.29, 0.717) is 6.61 Å². The van der Waals surface area contributed by atoms with Crippen molar-refractivity contribution in [1.82, 2.24) is 0 Å². The summed E-state index contributed by atoms with van der Waals surface area (Å²) in [6, 6.07) is 18.4. The lowest BCUT2D eigenvalue weighted by molar-refractivity contribution is 0.145. The maximum atomic E-state index is 9.59. The molecule has 3 nitrogen and oxygen atoms in total. The van der Waals surface area contributed by atoms with E-state index in [2.05, 4.69) is 29.2 Å². The lowest BCUT2D eigenvalue weighted by Gasteiger charge is -2.31. The molecule has 1 fully saturated rings. The van der Waals surface area contributed by atoms with Crippen LogP contribution in [0.4, 0.5) is 5.69 Å². The van der Waals surface area contributed by atoms with Crippen LogP contribution in [0.25, 0.3) is 0 Å². The van der Waals surface area contributed by atoms with Gasteiger partial charge in [0.25, 0.3) is 0 Å². The van der Waals surface area contributed by atoms with Gasteiger partial charge in [-0.3, -0.25) is 0 Å². The van der Waals surface area contributed by atoms with Crippen LogP contribution in [-0.2, 0) is 6.61 Å². The monoisotopic (exact) mass is 283 g/mol. The average Bonchev–Trinajstić information content (AvgIpc) is 2.55. The summed E-state index contributed by atoms with van der Waals surface area (Å²) in [5.74, 6) is 0.891. The normalized spacial score (nSPS) is 16.0. The summed E-state index contributed by atoms with van der Waals surface area (Å²) < 4.78 is 5.87. The quantitative estimate of drug-likeness (QED) is 0.935. The Balaban J connectivity index is 1.63. The van der Waals surface area contributed by atoms with E-state index >= 15 is 0 Å². The molecule has 1 N–H and O–H groups in total. The molecular weight excluding hydrogens is 262 g/mol. The number of ether oxygens (including phenoxy) is 1. The number of anilines is 1. The summed E-state index contributed by atoms with van der Waals surface area (Å²) in [4.78, 5) is 2.31. The second-order valence-electron chi connectivity index (χ2n) is 5.49. The molecular formula is C18H21NO2. The first-order valence-electron chi connectivity index (χ1n) is 7.51. The fourth-order valence-corrected chi connectivity index (χ4v) is 2.63. The van der Waals surface area contributed by atoms with E-state index < -0.39 is 0 Å². The van der Waals surface area contributed by atoms with Gasteiger partial charge in [-0.1, -0.05) is 36.4 Å². The maximum absolute atomic E-state index is 9.59. The Bertz CT molecular complexity index is 562. The van der Waals surface area contributed by atoms with Gasteiger partial charge in [0.15, 0.2) is 0 Å². The van der Waals surface area contributed by atoms with E-state index in [1.54, 1.807) is 0 Å². The van der Waals surface area contributed by atoms with Gasteiger partial charge in [-0.15, -0.1) is 0 Å². The number of hydrogen-bond acceptors (Lipinski definition) is 3. The van der Waals surface area contributed by atoms with Crippen molar-refractivity contribution in [2.45, 2.75) is 25.6 Å². The lowest BCUT2D eigenvalue weighted by Crippen LogP contribution is -2.35. The standard InChI is InChI=1S/C18H21NO2/c20-17-9-11-19(12-10-17)16-7-4-8-18(13-16)21-14-15-5-2-1-3-6-15/h1-8,13,17,20H,9-12,14H2. The number of hydrogen-bond donors (Lipinski definition) is 1. The Morgan fingerprint density at radius 2 is 1.76 bits per heavy atom. The van der Waals surface area contributed by atoms with Crippen molar-refractivity contribution >= 4 is 5.69 Å². The van der Waals surface area contributed by atoms with Gasteiger partial charge >= 0.3 is 0 Å². The van der Waals surface area contributed by atoms with Gasteiger partial charge in [-0.25, -0.2) is 0 Å². The fourth-order valence-electron chi connectivity index (χ4n) is 2.63. The minimum Gasteiger partial charge on any atom is -0.489 e. The summed E-state index contributed by atoms with van der Waals surface area (Å²) in [5.41, 5.74) is 2.34. The lowest BCUT2D eigenvalue weighted by atomic mass is 10.1. The third-order valence-corrected chi connectivity index (χ3v) is 3.90. The molecule has 0 saturated carbocycles. The van der Waals surface area contributed by atoms with Gasteiger partial charge in [-0.2, -0.15) is 0 Å². The molecule has 1 aliphatic heterocycles. The molecule has 21 heavy (non-hydrogen) atoms. The van der Waals surface area contributed by atoms with Crippen LogP contribution < -0.4 is 9.64 Å². The highest BCUT2D eigenvalue weighted by atomic mass is 16.5. The summed E-state index contributed by atoms with van der Waals surface area (Å²) in [7, 11) is 0. The Kier molecular flexibility index (Phi) is 4.41. The first-order valence-corrected chi connectivity index (χ1v) is 7.51. The zero-order valence-electron chi connectivity index (χ0n) is 12.1. The topological polar surface area (TPSA) is 32.7 Å². The number of piperidine rings is 1. The Morgan fingerprint density at radius 3 is 2.52 bits per heavy atom. The van der Waals surface area contributed by atoms with Crippen molar-refractivity contribution in [3.63, 3.8) is 0 Å². The molecule has 1 heterocycles. The molecule has 1 saturated heterocycles. The van der Waals surface area contributed by atoms with Crippen LogP contribution in [0.1, 0.15) is 18.4 Å². The van der Waals surface area contributed by atoms with Crippen LogP contribution in [-0.4, -0.2) is 24.3 Å². The zero-order chi connectivity index (χ0) is 14.5. The fraction of sp³-hybridized carbons (Fsp3) is 0.333. The summed E-state index contributed by atoms with van der Waals surface area (Å²) in [5, 5.41) is 9.59. The predicted octanol–water partition coefficient (Wildman–Crippen LogP) is 3.23. The van der Waals surface area contributed by atoms with Crippen molar-refractivity contribution in [2.75, 3.05) is 18.0 Å². The van der Waals surface area contributed by atoms with Gasteiger partial charge in [-0.05, 0) is 30.5 Å². The molecule has 0 amide bonds. The highest BCUT2D eigenvalue weighted by molar-refractivity contribution is 5.51. The van der Waals surface area contributed by atoms with E-state index in [0.717, 1.165) is 31.7 Å². The second-order valence-corrected chi connectivity index (χ2v) is 5.49. The Morgan fingerprint density at radius 1 is 1.00 bits per heavy atom. The van der Waals surface area contributed by atoms with Crippen LogP contribution in [0.3, 0.4) is 0 Å². The average molecular weight is 283 g/mol. The third kappa shape index (κ3) is 3.76. The summed E-state index contributed by atoms with van der Waals surface area (Å²) >= 11 is 0. The van der Waals surface area contributed by atoms with Gasteiger partial charge in [0, 0.05) is 24.8 Å². The summed E-state index contributed by atoms with van der Waals surface area (Å²) in [6.45, 7) is 2.40. The zero-order valence-corrected chi connectivity index (χ0v) is 12.1. The minimum atomic E-state index is -0.140. The van der Waals surface area contributed by atoms with Crippen molar-refractivity contribution in [1.29, 1.82) is 0 Å². The molecule has 0 unspecified atom stereocenters. The van der Waals surface area contributed by atoms with Crippen LogP contribution in [0.2, 0.25) is 0 Å². The molecule has 1 aliphatic rings. The van der Waals surface area contributed by atoms with E-state index in [9.17, 15) is 5.11 Å². The van der Waals surface area contributed by atoms with Crippen LogP contribution in [0, 0.1) is 0 Å². The minimum absolute atomic E-state index is 0.140. The molecule has 0 radical (unpaired) electrons. The van der Waals surface area contributed by atoms with Crippen molar-refractivity contribution in [2.24, 2.45) is 0 Å². The molecule has 3 rings (SSSR count). The molecule has 3 heteroatoms. The SMILES string of the molecule is OC1CCN(c2cccc(OCc3ccccc3)c2)CC1. The number of aliphatic hydroxyl groups is 1. The van der Waals surface area contributed by atoms with Crippen LogP contribution >= 0.6 is 0 Å². The van der Waals surface area contributed by atoms with Gasteiger partial charge in [0.1, 0.15) is 12.4 Å². The second kappa shape index (κ2) is 6.64. The molecule has 110 valence electrons. The number of aliphatic hydroxyl groups excluding tert-OH is 1. The highest BCUT2D eigenvalue weighted by Gasteiger charge is 2.17. The van der Waals surface area contributed by atoms with E-state index in [1.165, 1.54) is 11.3 Å². The van der Waals surface area contributed by atoms with Crippen LogP contribution in [0.5, 0.6) is 5.75 Å². The van der Waals surface area contributed by atoms with E-state index in [1.807, 2.05) is 30.3 Å². The van der Waals surface area contributed by atoms with Crippen molar-refractivity contribution < 1.29 is 9.84 Å². The largest absolute Gasteiger partial charge is 0.489 e. The van der Waals surface area contributed by atoms with E-state index in [-0.39, 0.29) is 6.10 Å². The first kappa shape index (κ1) is 14.0. The van der Waals surface area contributed by atoms with Crippen molar-refractivity contribution in [3.8, 4) is 5.75 Å². The number of rotatable bonds is 4. The van der Waals surface area contributed by atoms with Gasteiger partial charge < -0.3 is 14.7 Å². The van der Waals surface area contributed by atoms with E-state index in [4.69, 9.17) is 4.74 Å². The molecule has 0 spiro atoms. The highest BCUT2D eigenvalue weighted by Crippen LogP contribution is 2.24. The van der Waals surface area contributed by atoms with Crippen molar-refractivity contribution in [3.05, 3.63) is 60.2 Å². The van der Waals surface area contributed by atoms with Gasteiger partial charge in [0.2, 0.25) is 0 Å². The summed E-state index contributed by atoms with van der Waals surface area (Å²) in [6.07, 6.45) is 1.54. The Labute approximate surface area is 125 Å². The predicted molar refractivity (Wildman–Crippen MR) is 84.7 cm³/mol. The number of nitrogens with zero attached hydrogens (tertiary/aromatic N) is 1. The Hall–Kier alpha value is -2.00. The molecule has 0 atom stereocenters. The van der Waals surface area contributed by atoms with Gasteiger partial charge in [0.05, 0.1) is 6.10 Å². The molecule has 0 aliphatic carbocycles.